The van der Waals surface area contributed by atoms with Crippen molar-refractivity contribution in [2.75, 3.05) is 17.2 Å². The molecule has 0 saturated heterocycles. The molecule has 2 aliphatic rings. The van der Waals surface area contributed by atoms with Crippen LogP contribution in [-0.2, 0) is 14.8 Å². The summed E-state index contributed by atoms with van der Waals surface area (Å²) < 4.78 is 38.4. The molecule has 0 fully saturated rings. The third-order valence-corrected chi connectivity index (χ3v) is 7.68. The van der Waals surface area contributed by atoms with Crippen molar-refractivity contribution in [1.29, 1.82) is 0 Å². The zero-order valence-electron chi connectivity index (χ0n) is 15.5. The number of carbonyl (C=O) groups is 1. The molecule has 1 aromatic carbocycles. The summed E-state index contributed by atoms with van der Waals surface area (Å²) in [5, 5.41) is 10.3. The fraction of sp³-hybridized carbons (Fsp3) is 0.222. The molecule has 0 amide bonds. The molecule has 9 nitrogen and oxygen atoms in total. The summed E-state index contributed by atoms with van der Waals surface area (Å²) in [6.07, 6.45) is -0.722. The second-order valence-corrected chi connectivity index (χ2v) is 10.3. The minimum atomic E-state index is -3.43. The highest BCUT2D eigenvalue weighted by atomic mass is 32.2. The second kappa shape index (κ2) is 7.22. The lowest BCUT2D eigenvalue weighted by molar-refractivity contribution is 0.0279. The molecular weight excluding hydrogens is 448 g/mol. The number of hydrogen-bond donors (Lipinski definition) is 0. The fourth-order valence-corrected chi connectivity index (χ4v) is 5.98. The molecule has 0 N–H and O–H groups in total. The van der Waals surface area contributed by atoms with Crippen LogP contribution in [0.5, 0.6) is 0 Å². The Bertz CT molecular complexity index is 1270. The van der Waals surface area contributed by atoms with Crippen LogP contribution in [0.1, 0.15) is 29.3 Å². The molecule has 0 aliphatic carbocycles. The Morgan fingerprint density at radius 1 is 1.30 bits per heavy atom. The summed E-state index contributed by atoms with van der Waals surface area (Å²) in [6.45, 7) is 2.00. The Kier molecular flexibility index (Phi) is 4.64. The molecule has 2 aliphatic heterocycles. The van der Waals surface area contributed by atoms with Gasteiger partial charge in [0.05, 0.1) is 21.9 Å². The van der Waals surface area contributed by atoms with E-state index in [1.165, 1.54) is 23.1 Å². The quantitative estimate of drug-likeness (QED) is 0.538. The number of ether oxygens (including phenoxy) is 1. The van der Waals surface area contributed by atoms with Crippen molar-refractivity contribution in [3.63, 3.8) is 0 Å². The first kappa shape index (κ1) is 19.3. The monoisotopic (exact) mass is 462 g/mol. The number of rotatable bonds is 4. The van der Waals surface area contributed by atoms with Gasteiger partial charge in [0.2, 0.25) is 0 Å². The van der Waals surface area contributed by atoms with Crippen molar-refractivity contribution in [2.45, 2.75) is 17.9 Å². The van der Waals surface area contributed by atoms with Crippen LogP contribution in [0.15, 0.2) is 49.4 Å². The molecule has 0 saturated carbocycles. The Labute approximate surface area is 179 Å². The molecule has 3 aromatic rings. The van der Waals surface area contributed by atoms with Crippen LogP contribution < -0.4 is 4.90 Å². The molecule has 0 spiro atoms. The Morgan fingerprint density at radius 2 is 2.17 bits per heavy atom. The standard InChI is InChI=1S/C18H14N4O5S3/c1-10(15-19-20-16(27-15)13-3-2-7-28-13)26-17(23)11-4-5-12-14(9-11)29-18-21-30(24,25)8-6-22(12)18/h2-5,7,9-10H,6,8H2,1H3/t10-/m0/s1. The van der Waals surface area contributed by atoms with Crippen LogP contribution in [0.3, 0.4) is 0 Å². The van der Waals surface area contributed by atoms with Crippen molar-refractivity contribution in [3.05, 3.63) is 47.2 Å². The summed E-state index contributed by atoms with van der Waals surface area (Å²) in [4.78, 5) is 16.1. The van der Waals surface area contributed by atoms with E-state index >= 15 is 0 Å². The number of hydrogen-bond acceptors (Lipinski definition) is 10. The maximum Gasteiger partial charge on any atom is 0.338 e. The molecule has 0 bridgehead atoms. The van der Waals surface area contributed by atoms with Gasteiger partial charge in [-0.15, -0.1) is 25.9 Å². The molecule has 2 aromatic heterocycles. The molecule has 0 radical (unpaired) electrons. The summed E-state index contributed by atoms with van der Waals surface area (Å²) in [6, 6.07) is 8.83. The van der Waals surface area contributed by atoms with E-state index in [0.29, 0.717) is 23.2 Å². The number of fused-ring (bicyclic) bond motifs is 3. The van der Waals surface area contributed by atoms with Gasteiger partial charge in [-0.2, -0.15) is 0 Å². The molecule has 4 heterocycles. The van der Waals surface area contributed by atoms with Crippen LogP contribution in [0.25, 0.3) is 10.8 Å². The number of esters is 1. The molecule has 0 unspecified atom stereocenters. The highest BCUT2D eigenvalue weighted by Gasteiger charge is 2.33. The number of thiophene rings is 1. The average molecular weight is 463 g/mol. The van der Waals surface area contributed by atoms with E-state index < -0.39 is 22.1 Å². The largest absolute Gasteiger partial charge is 0.449 e. The van der Waals surface area contributed by atoms with E-state index in [9.17, 15) is 13.2 Å². The van der Waals surface area contributed by atoms with Crippen LogP contribution in [0, 0.1) is 0 Å². The maximum atomic E-state index is 12.6. The van der Waals surface area contributed by atoms with Gasteiger partial charge in [-0.1, -0.05) is 6.07 Å². The summed E-state index contributed by atoms with van der Waals surface area (Å²) in [7, 11) is -3.43. The molecular formula is C18H14N4O5S3. The number of carbonyl (C=O) groups excluding carboxylic acids is 1. The van der Waals surface area contributed by atoms with Gasteiger partial charge < -0.3 is 14.1 Å². The molecule has 30 heavy (non-hydrogen) atoms. The zero-order chi connectivity index (χ0) is 20.9. The Hall–Kier alpha value is -2.70. The van der Waals surface area contributed by atoms with Crippen molar-refractivity contribution in [3.8, 4) is 10.8 Å². The van der Waals surface area contributed by atoms with Gasteiger partial charge in [0.25, 0.3) is 21.8 Å². The maximum absolute atomic E-state index is 12.6. The molecule has 12 heteroatoms. The number of nitrogens with zero attached hydrogens (tertiary/aromatic N) is 4. The predicted octanol–water partition coefficient (Wildman–Crippen LogP) is 3.33. The van der Waals surface area contributed by atoms with E-state index in [2.05, 4.69) is 14.6 Å². The van der Waals surface area contributed by atoms with Gasteiger partial charge in [-0.3, -0.25) is 0 Å². The summed E-state index contributed by atoms with van der Waals surface area (Å²) in [5.74, 6) is 0.0134. The van der Waals surface area contributed by atoms with E-state index in [0.717, 1.165) is 15.5 Å². The smallest absolute Gasteiger partial charge is 0.338 e. The van der Waals surface area contributed by atoms with E-state index in [1.54, 1.807) is 25.1 Å². The summed E-state index contributed by atoms with van der Waals surface area (Å²) in [5.41, 5.74) is 1.17. The lowest BCUT2D eigenvalue weighted by Gasteiger charge is -2.22. The topological polar surface area (TPSA) is 115 Å². The Balaban J connectivity index is 1.32. The van der Waals surface area contributed by atoms with Crippen molar-refractivity contribution >= 4 is 49.9 Å². The molecule has 154 valence electrons. The van der Waals surface area contributed by atoms with E-state index in [-0.39, 0.29) is 11.6 Å². The van der Waals surface area contributed by atoms with Gasteiger partial charge in [0.15, 0.2) is 11.3 Å². The highest BCUT2D eigenvalue weighted by Crippen LogP contribution is 2.42. The number of anilines is 1. The van der Waals surface area contributed by atoms with Gasteiger partial charge in [0, 0.05) is 11.4 Å². The minimum Gasteiger partial charge on any atom is -0.449 e. The van der Waals surface area contributed by atoms with Gasteiger partial charge in [0.1, 0.15) is 0 Å². The second-order valence-electron chi connectivity index (χ2n) is 6.57. The van der Waals surface area contributed by atoms with Crippen LogP contribution >= 0.6 is 23.1 Å². The number of sulfonamides is 1. The van der Waals surface area contributed by atoms with Gasteiger partial charge in [-0.25, -0.2) is 13.2 Å². The number of benzene rings is 1. The lowest BCUT2D eigenvalue weighted by atomic mass is 10.2. The van der Waals surface area contributed by atoms with Gasteiger partial charge in [-0.05, 0) is 48.3 Å². The normalized spacial score (nSPS) is 17.8. The van der Waals surface area contributed by atoms with Crippen molar-refractivity contribution in [1.82, 2.24) is 10.2 Å². The van der Waals surface area contributed by atoms with Crippen LogP contribution in [0.4, 0.5) is 5.69 Å². The van der Waals surface area contributed by atoms with Gasteiger partial charge >= 0.3 is 5.97 Å². The average Bonchev–Trinajstić information content (AvgIpc) is 3.44. The first-order valence-corrected chi connectivity index (χ1v) is 12.2. The SMILES string of the molecule is C[C@H](OC(=O)c1ccc2c(c1)SC1=NS(=O)(=O)CCN12)c1nnc(-c2cccs2)o1. The van der Waals surface area contributed by atoms with E-state index in [4.69, 9.17) is 9.15 Å². The van der Waals surface area contributed by atoms with Crippen molar-refractivity contribution < 1.29 is 22.4 Å². The number of thioether (sulfide) groups is 1. The minimum absolute atomic E-state index is 0.0323. The predicted molar refractivity (Wildman–Crippen MR) is 112 cm³/mol. The number of amidine groups is 1. The van der Waals surface area contributed by atoms with Crippen LogP contribution in [-0.4, -0.2) is 42.0 Å². The first-order valence-electron chi connectivity index (χ1n) is 8.90. The van der Waals surface area contributed by atoms with Crippen LogP contribution in [0.2, 0.25) is 0 Å². The summed E-state index contributed by atoms with van der Waals surface area (Å²) >= 11 is 2.69. The van der Waals surface area contributed by atoms with Crippen molar-refractivity contribution in [2.24, 2.45) is 4.40 Å². The van der Waals surface area contributed by atoms with E-state index in [1.807, 2.05) is 22.4 Å². The first-order chi connectivity index (χ1) is 14.4. The number of aromatic nitrogens is 2. The fourth-order valence-electron chi connectivity index (χ4n) is 3.04. The lowest BCUT2D eigenvalue weighted by Crippen LogP contribution is -2.35. The highest BCUT2D eigenvalue weighted by molar-refractivity contribution is 8.15. The third kappa shape index (κ3) is 3.50. The molecule has 1 atom stereocenters. The zero-order valence-corrected chi connectivity index (χ0v) is 18.0. The Morgan fingerprint density at radius 3 is 2.97 bits per heavy atom. The molecule has 5 rings (SSSR count). The third-order valence-electron chi connectivity index (χ3n) is 4.51.